The second-order valence-electron chi connectivity index (χ2n) is 4.68. The highest BCUT2D eigenvalue weighted by Crippen LogP contribution is 2.33. The van der Waals surface area contributed by atoms with Gasteiger partial charge in [-0.1, -0.05) is 24.7 Å². The molecule has 1 aliphatic carbocycles. The molecule has 1 fully saturated rings. The van der Waals surface area contributed by atoms with Crippen LogP contribution in [0.15, 0.2) is 12.1 Å². The van der Waals surface area contributed by atoms with Crippen LogP contribution in [0.25, 0.3) is 0 Å². The summed E-state index contributed by atoms with van der Waals surface area (Å²) in [6, 6.07) is 3.83. The first-order valence-electron chi connectivity index (χ1n) is 6.19. The molecule has 0 radical (unpaired) electrons. The van der Waals surface area contributed by atoms with Crippen molar-refractivity contribution in [3.8, 4) is 11.8 Å². The summed E-state index contributed by atoms with van der Waals surface area (Å²) in [5.41, 5.74) is 0. The molecule has 2 rings (SSSR count). The smallest absolute Gasteiger partial charge is 0.261 e. The van der Waals surface area contributed by atoms with Crippen molar-refractivity contribution in [2.24, 2.45) is 5.92 Å². The van der Waals surface area contributed by atoms with Gasteiger partial charge in [0.05, 0.1) is 9.75 Å². The monoisotopic (exact) mass is 263 g/mol. The molecular weight excluding hydrogens is 246 g/mol. The van der Waals surface area contributed by atoms with E-state index in [0.29, 0.717) is 4.88 Å². The number of carbonyl (C=O) groups is 1. The number of amides is 1. The second-order valence-corrected chi connectivity index (χ2v) is 5.76. The summed E-state index contributed by atoms with van der Waals surface area (Å²) in [6.07, 6.45) is 3.69. The molecule has 1 amide bonds. The molecule has 96 valence electrons. The highest BCUT2D eigenvalue weighted by Gasteiger charge is 2.24. The lowest BCUT2D eigenvalue weighted by molar-refractivity contribution is 0.0941. The number of nitrogens with one attached hydrogen (secondary N) is 1. The Labute approximate surface area is 111 Å². The van der Waals surface area contributed by atoms with Crippen LogP contribution in [-0.4, -0.2) is 23.7 Å². The standard InChI is InChI=1S/C14H17NO2S/c1-10(9-11-4-5-11)15-14(17)13-7-6-12(18-13)3-2-8-16/h6-7,10-11,16H,4-5,8-9H2,1H3,(H,15,17). The number of rotatable bonds is 4. The van der Waals surface area contributed by atoms with Crippen LogP contribution in [0.1, 0.15) is 40.7 Å². The maximum absolute atomic E-state index is 11.9. The number of hydrogen-bond acceptors (Lipinski definition) is 3. The molecule has 0 bridgehead atoms. The Morgan fingerprint density at radius 1 is 1.61 bits per heavy atom. The van der Waals surface area contributed by atoms with Gasteiger partial charge in [0.1, 0.15) is 6.61 Å². The molecule has 1 atom stereocenters. The topological polar surface area (TPSA) is 49.3 Å². The first-order valence-corrected chi connectivity index (χ1v) is 7.01. The van der Waals surface area contributed by atoms with Crippen molar-refractivity contribution in [1.82, 2.24) is 5.32 Å². The van der Waals surface area contributed by atoms with Gasteiger partial charge in [-0.15, -0.1) is 11.3 Å². The van der Waals surface area contributed by atoms with E-state index in [2.05, 4.69) is 24.1 Å². The third kappa shape index (κ3) is 3.86. The van der Waals surface area contributed by atoms with Gasteiger partial charge in [-0.25, -0.2) is 0 Å². The minimum Gasteiger partial charge on any atom is -0.384 e. The molecule has 2 N–H and O–H groups in total. The molecule has 1 aromatic heterocycles. The first kappa shape index (κ1) is 13.1. The summed E-state index contributed by atoms with van der Waals surface area (Å²) in [5.74, 6) is 6.17. The van der Waals surface area contributed by atoms with Gasteiger partial charge in [0.2, 0.25) is 0 Å². The lowest BCUT2D eigenvalue weighted by atomic mass is 10.1. The zero-order valence-electron chi connectivity index (χ0n) is 10.4. The number of hydrogen-bond donors (Lipinski definition) is 2. The van der Waals surface area contributed by atoms with E-state index in [1.165, 1.54) is 24.2 Å². The van der Waals surface area contributed by atoms with Crippen molar-refractivity contribution in [3.05, 3.63) is 21.9 Å². The van der Waals surface area contributed by atoms with E-state index in [0.717, 1.165) is 17.2 Å². The maximum Gasteiger partial charge on any atom is 0.261 e. The molecule has 1 aliphatic rings. The summed E-state index contributed by atoms with van der Waals surface area (Å²) < 4.78 is 0. The second kappa shape index (κ2) is 6.03. The van der Waals surface area contributed by atoms with Crippen molar-refractivity contribution in [2.45, 2.75) is 32.2 Å². The lowest BCUT2D eigenvalue weighted by Gasteiger charge is -2.12. The zero-order valence-corrected chi connectivity index (χ0v) is 11.2. The van der Waals surface area contributed by atoms with Gasteiger partial charge >= 0.3 is 0 Å². The summed E-state index contributed by atoms with van der Waals surface area (Å²) in [4.78, 5) is 13.4. The largest absolute Gasteiger partial charge is 0.384 e. The normalized spacial score (nSPS) is 15.7. The van der Waals surface area contributed by atoms with E-state index >= 15 is 0 Å². The quantitative estimate of drug-likeness (QED) is 0.816. The van der Waals surface area contributed by atoms with Crippen LogP contribution in [0.3, 0.4) is 0 Å². The Balaban J connectivity index is 1.89. The third-order valence-corrected chi connectivity index (χ3v) is 3.88. The first-order chi connectivity index (χ1) is 8.69. The molecule has 1 heterocycles. The lowest BCUT2D eigenvalue weighted by Crippen LogP contribution is -2.32. The fourth-order valence-corrected chi connectivity index (χ4v) is 2.65. The predicted octanol–water partition coefficient (Wildman–Crippen LogP) is 2.01. The minimum atomic E-state index is -0.155. The molecule has 0 aliphatic heterocycles. The summed E-state index contributed by atoms with van der Waals surface area (Å²) in [5, 5.41) is 11.6. The predicted molar refractivity (Wildman–Crippen MR) is 72.6 cm³/mol. The van der Waals surface area contributed by atoms with Crippen LogP contribution >= 0.6 is 11.3 Å². The average Bonchev–Trinajstić information content (AvgIpc) is 3.01. The zero-order chi connectivity index (χ0) is 13.0. The molecule has 1 unspecified atom stereocenters. The Morgan fingerprint density at radius 3 is 3.06 bits per heavy atom. The van der Waals surface area contributed by atoms with Crippen LogP contribution in [0.4, 0.5) is 0 Å². The Bertz CT molecular complexity index is 479. The number of aliphatic hydroxyl groups is 1. The van der Waals surface area contributed by atoms with E-state index in [1.54, 1.807) is 6.07 Å². The Morgan fingerprint density at radius 2 is 2.39 bits per heavy atom. The van der Waals surface area contributed by atoms with Gasteiger partial charge in [0.15, 0.2) is 0 Å². The van der Waals surface area contributed by atoms with Gasteiger partial charge in [-0.3, -0.25) is 4.79 Å². The van der Waals surface area contributed by atoms with Gasteiger partial charge < -0.3 is 10.4 Å². The van der Waals surface area contributed by atoms with Crippen LogP contribution in [0.5, 0.6) is 0 Å². The fourth-order valence-electron chi connectivity index (χ4n) is 1.86. The average molecular weight is 263 g/mol. The highest BCUT2D eigenvalue weighted by atomic mass is 32.1. The molecule has 0 spiro atoms. The van der Waals surface area contributed by atoms with E-state index in [1.807, 2.05) is 6.07 Å². The summed E-state index contributed by atoms with van der Waals surface area (Å²) in [7, 11) is 0. The molecule has 1 aromatic rings. The van der Waals surface area contributed by atoms with Crippen LogP contribution in [-0.2, 0) is 0 Å². The van der Waals surface area contributed by atoms with Gasteiger partial charge in [0.25, 0.3) is 5.91 Å². The molecule has 1 saturated carbocycles. The minimum absolute atomic E-state index is 0.0230. The molecule has 3 nitrogen and oxygen atoms in total. The van der Waals surface area contributed by atoms with Crippen LogP contribution in [0, 0.1) is 17.8 Å². The van der Waals surface area contributed by atoms with Crippen LogP contribution in [0.2, 0.25) is 0 Å². The number of thiophene rings is 1. The third-order valence-electron chi connectivity index (χ3n) is 2.88. The van der Waals surface area contributed by atoms with Crippen molar-refractivity contribution >= 4 is 17.2 Å². The summed E-state index contributed by atoms with van der Waals surface area (Å²) >= 11 is 1.36. The van der Waals surface area contributed by atoms with Gasteiger partial charge in [-0.2, -0.15) is 0 Å². The summed E-state index contributed by atoms with van der Waals surface area (Å²) in [6.45, 7) is 1.90. The maximum atomic E-state index is 11.9. The molecule has 0 aromatic carbocycles. The molecule has 0 saturated heterocycles. The van der Waals surface area contributed by atoms with E-state index in [4.69, 9.17) is 5.11 Å². The Kier molecular flexibility index (Phi) is 4.40. The van der Waals surface area contributed by atoms with Gasteiger partial charge in [0, 0.05) is 6.04 Å². The van der Waals surface area contributed by atoms with Gasteiger partial charge in [-0.05, 0) is 31.4 Å². The SMILES string of the molecule is CC(CC1CC1)NC(=O)c1ccc(C#CCO)s1. The molecular formula is C14H17NO2S. The number of aliphatic hydroxyl groups excluding tert-OH is 1. The number of carbonyl (C=O) groups excluding carboxylic acids is 1. The Hall–Kier alpha value is -1.31. The van der Waals surface area contributed by atoms with Crippen molar-refractivity contribution < 1.29 is 9.90 Å². The molecule has 4 heteroatoms. The molecule has 18 heavy (non-hydrogen) atoms. The van der Waals surface area contributed by atoms with E-state index in [-0.39, 0.29) is 18.6 Å². The highest BCUT2D eigenvalue weighted by molar-refractivity contribution is 7.14. The van der Waals surface area contributed by atoms with E-state index < -0.39 is 0 Å². The van der Waals surface area contributed by atoms with E-state index in [9.17, 15) is 4.79 Å². The van der Waals surface area contributed by atoms with Crippen molar-refractivity contribution in [2.75, 3.05) is 6.61 Å². The fraction of sp³-hybridized carbons (Fsp3) is 0.500. The van der Waals surface area contributed by atoms with Crippen LogP contribution < -0.4 is 5.32 Å². The van der Waals surface area contributed by atoms with Crippen molar-refractivity contribution in [1.29, 1.82) is 0 Å². The van der Waals surface area contributed by atoms with Crippen molar-refractivity contribution in [3.63, 3.8) is 0 Å².